The van der Waals surface area contributed by atoms with Crippen LogP contribution in [0.5, 0.6) is 17.2 Å². The van der Waals surface area contributed by atoms with Gasteiger partial charge in [0.1, 0.15) is 11.5 Å². The Morgan fingerprint density at radius 3 is 2.44 bits per heavy atom. The van der Waals surface area contributed by atoms with E-state index in [2.05, 4.69) is 5.32 Å². The molecule has 5 nitrogen and oxygen atoms in total. The van der Waals surface area contributed by atoms with E-state index in [1.54, 1.807) is 6.07 Å². The highest BCUT2D eigenvalue weighted by molar-refractivity contribution is 5.52. The molecule has 1 aromatic carbocycles. The maximum Gasteiger partial charge on any atom is 0.200 e. The number of phenolic OH excluding ortho intramolecular Hbond substituents is 3. The molecule has 0 saturated heterocycles. The lowest BCUT2D eigenvalue weighted by Gasteiger charge is -2.08. The van der Waals surface area contributed by atoms with Gasteiger partial charge in [0.25, 0.3) is 0 Å². The molecule has 2 rings (SSSR count). The zero-order valence-corrected chi connectivity index (χ0v) is 9.97. The second-order valence-corrected chi connectivity index (χ2v) is 4.06. The molecule has 0 bridgehead atoms. The molecule has 1 aromatic heterocycles. The predicted octanol–water partition coefficient (Wildman–Crippen LogP) is 1.99. The molecule has 2 aromatic rings. The molecule has 96 valence electrons. The second kappa shape index (κ2) is 5.01. The minimum absolute atomic E-state index is 0.307. The summed E-state index contributed by atoms with van der Waals surface area (Å²) in [7, 11) is 0. The molecular weight excluding hydrogens is 234 g/mol. The van der Waals surface area contributed by atoms with Crippen LogP contribution in [0.1, 0.15) is 17.1 Å². The number of aromatic hydroxyl groups is 3. The van der Waals surface area contributed by atoms with Crippen LogP contribution in [0, 0.1) is 6.92 Å². The molecule has 5 heteroatoms. The van der Waals surface area contributed by atoms with Crippen molar-refractivity contribution in [1.29, 1.82) is 0 Å². The highest BCUT2D eigenvalue weighted by atomic mass is 16.3. The number of rotatable bonds is 4. The maximum absolute atomic E-state index is 9.61. The number of hydrogen-bond donors (Lipinski definition) is 4. The summed E-state index contributed by atoms with van der Waals surface area (Å²) in [5.41, 5.74) is 0.508. The van der Waals surface area contributed by atoms with Gasteiger partial charge in [-0.25, -0.2) is 0 Å². The zero-order chi connectivity index (χ0) is 13.1. The van der Waals surface area contributed by atoms with E-state index in [9.17, 15) is 15.3 Å². The lowest BCUT2D eigenvalue weighted by Crippen LogP contribution is -2.12. The first kappa shape index (κ1) is 12.3. The van der Waals surface area contributed by atoms with E-state index in [1.807, 2.05) is 19.1 Å². The maximum atomic E-state index is 9.61. The number of furan rings is 1. The van der Waals surface area contributed by atoms with Crippen LogP contribution in [0.2, 0.25) is 0 Å². The summed E-state index contributed by atoms with van der Waals surface area (Å²) < 4.78 is 5.38. The summed E-state index contributed by atoms with van der Waals surface area (Å²) in [6.45, 7) is 2.75. The van der Waals surface area contributed by atoms with Crippen LogP contribution in [-0.4, -0.2) is 15.3 Å². The first-order valence-electron chi connectivity index (χ1n) is 5.56. The molecule has 0 unspecified atom stereocenters. The van der Waals surface area contributed by atoms with Crippen molar-refractivity contribution in [1.82, 2.24) is 5.32 Å². The third-order valence-corrected chi connectivity index (χ3v) is 2.62. The van der Waals surface area contributed by atoms with Crippen LogP contribution in [0.4, 0.5) is 0 Å². The van der Waals surface area contributed by atoms with Gasteiger partial charge < -0.3 is 25.1 Å². The Morgan fingerprint density at radius 1 is 1.00 bits per heavy atom. The monoisotopic (exact) mass is 249 g/mol. The van der Waals surface area contributed by atoms with Crippen LogP contribution < -0.4 is 5.32 Å². The highest BCUT2D eigenvalue weighted by Crippen LogP contribution is 2.36. The molecular formula is C13H15NO4. The molecule has 0 aliphatic heterocycles. The van der Waals surface area contributed by atoms with Gasteiger partial charge in [-0.1, -0.05) is 6.07 Å². The van der Waals surface area contributed by atoms with Gasteiger partial charge in [-0.05, 0) is 25.1 Å². The Balaban J connectivity index is 1.96. The molecule has 0 radical (unpaired) electrons. The largest absolute Gasteiger partial charge is 0.504 e. The topological polar surface area (TPSA) is 85.9 Å². The van der Waals surface area contributed by atoms with Crippen molar-refractivity contribution in [3.05, 3.63) is 41.3 Å². The van der Waals surface area contributed by atoms with E-state index in [-0.39, 0.29) is 11.5 Å². The van der Waals surface area contributed by atoms with Crippen molar-refractivity contribution < 1.29 is 19.7 Å². The summed E-state index contributed by atoms with van der Waals surface area (Å²) in [4.78, 5) is 0. The Hall–Kier alpha value is -2.14. The van der Waals surface area contributed by atoms with Crippen LogP contribution in [0.25, 0.3) is 0 Å². The first-order valence-corrected chi connectivity index (χ1v) is 5.56. The molecule has 0 fully saturated rings. The fraction of sp³-hybridized carbons (Fsp3) is 0.231. The molecule has 0 spiro atoms. The Morgan fingerprint density at radius 2 is 1.78 bits per heavy atom. The van der Waals surface area contributed by atoms with E-state index in [0.717, 1.165) is 11.5 Å². The van der Waals surface area contributed by atoms with Crippen molar-refractivity contribution in [2.24, 2.45) is 0 Å². The summed E-state index contributed by atoms with van der Waals surface area (Å²) in [6, 6.07) is 6.63. The summed E-state index contributed by atoms with van der Waals surface area (Å²) in [5, 5.41) is 31.2. The first-order chi connectivity index (χ1) is 8.58. The van der Waals surface area contributed by atoms with Crippen LogP contribution in [-0.2, 0) is 13.1 Å². The van der Waals surface area contributed by atoms with Crippen LogP contribution >= 0.6 is 0 Å². The fourth-order valence-electron chi connectivity index (χ4n) is 1.65. The third-order valence-electron chi connectivity index (χ3n) is 2.62. The van der Waals surface area contributed by atoms with Crippen LogP contribution in [0.15, 0.2) is 28.7 Å². The number of benzene rings is 1. The number of phenols is 3. The standard InChI is InChI=1S/C13H15NO4/c1-8-2-4-10(18-8)7-14-6-9-3-5-11(15)13(17)12(9)16/h2-5,14-17H,6-7H2,1H3. The fourth-order valence-corrected chi connectivity index (χ4v) is 1.65. The van der Waals surface area contributed by atoms with Crippen molar-refractivity contribution in [2.75, 3.05) is 0 Å². The Labute approximate surface area is 104 Å². The third kappa shape index (κ3) is 2.57. The highest BCUT2D eigenvalue weighted by Gasteiger charge is 2.10. The summed E-state index contributed by atoms with van der Waals surface area (Å²) in [5.74, 6) is 0.506. The van der Waals surface area contributed by atoms with Crippen molar-refractivity contribution in [2.45, 2.75) is 20.0 Å². The lowest BCUT2D eigenvalue weighted by atomic mass is 10.1. The van der Waals surface area contributed by atoms with Gasteiger partial charge in [0.15, 0.2) is 11.5 Å². The van der Waals surface area contributed by atoms with E-state index in [0.29, 0.717) is 18.7 Å². The minimum Gasteiger partial charge on any atom is -0.504 e. The van der Waals surface area contributed by atoms with Crippen molar-refractivity contribution in [3.8, 4) is 17.2 Å². The van der Waals surface area contributed by atoms with E-state index in [1.165, 1.54) is 6.07 Å². The van der Waals surface area contributed by atoms with Crippen molar-refractivity contribution in [3.63, 3.8) is 0 Å². The van der Waals surface area contributed by atoms with Crippen LogP contribution in [0.3, 0.4) is 0 Å². The lowest BCUT2D eigenvalue weighted by molar-refractivity contribution is 0.363. The van der Waals surface area contributed by atoms with Gasteiger partial charge in [0.05, 0.1) is 6.54 Å². The van der Waals surface area contributed by atoms with Gasteiger partial charge in [-0.15, -0.1) is 0 Å². The predicted molar refractivity (Wildman–Crippen MR) is 65.4 cm³/mol. The average Bonchev–Trinajstić information content (AvgIpc) is 2.75. The van der Waals surface area contributed by atoms with Gasteiger partial charge in [0.2, 0.25) is 5.75 Å². The molecule has 0 aliphatic carbocycles. The SMILES string of the molecule is Cc1ccc(CNCc2ccc(O)c(O)c2O)o1. The average molecular weight is 249 g/mol. The smallest absolute Gasteiger partial charge is 0.200 e. The Kier molecular flexibility index (Phi) is 3.43. The van der Waals surface area contributed by atoms with Gasteiger partial charge in [-0.2, -0.15) is 0 Å². The van der Waals surface area contributed by atoms with E-state index >= 15 is 0 Å². The Bertz CT molecular complexity index is 548. The molecule has 0 atom stereocenters. The van der Waals surface area contributed by atoms with E-state index < -0.39 is 5.75 Å². The minimum atomic E-state index is -0.497. The number of hydrogen-bond acceptors (Lipinski definition) is 5. The zero-order valence-electron chi connectivity index (χ0n) is 9.97. The van der Waals surface area contributed by atoms with Gasteiger partial charge in [-0.3, -0.25) is 0 Å². The molecule has 1 heterocycles. The molecule has 0 amide bonds. The summed E-state index contributed by atoms with van der Waals surface area (Å²) >= 11 is 0. The molecule has 18 heavy (non-hydrogen) atoms. The molecule has 4 N–H and O–H groups in total. The summed E-state index contributed by atoms with van der Waals surface area (Å²) in [6.07, 6.45) is 0. The van der Waals surface area contributed by atoms with Crippen molar-refractivity contribution >= 4 is 0 Å². The van der Waals surface area contributed by atoms with Gasteiger partial charge in [0, 0.05) is 12.1 Å². The normalized spacial score (nSPS) is 10.7. The number of nitrogens with one attached hydrogen (secondary N) is 1. The van der Waals surface area contributed by atoms with E-state index in [4.69, 9.17) is 4.42 Å². The number of aryl methyl sites for hydroxylation is 1. The quantitative estimate of drug-likeness (QED) is 0.623. The molecule has 0 saturated carbocycles. The molecule has 0 aliphatic rings. The van der Waals surface area contributed by atoms with Gasteiger partial charge >= 0.3 is 0 Å². The second-order valence-electron chi connectivity index (χ2n) is 4.06.